The maximum absolute atomic E-state index is 8.80. The van der Waals surface area contributed by atoms with Crippen LogP contribution in [0.4, 0.5) is 0 Å². The van der Waals surface area contributed by atoms with Crippen LogP contribution in [-0.2, 0) is 4.74 Å². The largest absolute Gasteiger partial charge is 0.494 e. The molecule has 84 valence electrons. The van der Waals surface area contributed by atoms with Crippen molar-refractivity contribution in [3.8, 4) is 11.8 Å². The minimum Gasteiger partial charge on any atom is -0.494 e. The van der Waals surface area contributed by atoms with E-state index in [1.165, 1.54) is 0 Å². The number of benzene rings is 1. The second-order valence-electron chi connectivity index (χ2n) is 3.86. The van der Waals surface area contributed by atoms with E-state index in [0.29, 0.717) is 0 Å². The Bertz CT molecular complexity index is 618. The minimum atomic E-state index is -0.327. The van der Waals surface area contributed by atoms with Crippen LogP contribution < -0.4 is 4.74 Å². The van der Waals surface area contributed by atoms with Gasteiger partial charge in [0.2, 0.25) is 0 Å². The number of aromatic nitrogens is 1. The molecule has 1 fully saturated rings. The third-order valence-electron chi connectivity index (χ3n) is 2.91. The van der Waals surface area contributed by atoms with Crippen molar-refractivity contribution in [3.05, 3.63) is 36.0 Å². The van der Waals surface area contributed by atoms with E-state index < -0.39 is 0 Å². The van der Waals surface area contributed by atoms with Crippen LogP contribution in [0.3, 0.4) is 0 Å². The summed E-state index contributed by atoms with van der Waals surface area (Å²) in [6.45, 7) is 0. The summed E-state index contributed by atoms with van der Waals surface area (Å²) in [5.74, 6) is 0.735. The lowest BCUT2D eigenvalue weighted by Crippen LogP contribution is -1.92. The molecular weight excluding hydrogens is 216 g/mol. The van der Waals surface area contributed by atoms with Gasteiger partial charge in [0.15, 0.2) is 6.10 Å². The molecule has 2 atom stereocenters. The van der Waals surface area contributed by atoms with E-state index in [1.807, 2.05) is 24.3 Å². The Hall–Kier alpha value is -2.12. The molecular formula is C13H10N2O2. The zero-order valence-electron chi connectivity index (χ0n) is 9.25. The van der Waals surface area contributed by atoms with Crippen LogP contribution >= 0.6 is 0 Å². The topological polar surface area (TPSA) is 58.4 Å². The molecule has 17 heavy (non-hydrogen) atoms. The second-order valence-corrected chi connectivity index (χ2v) is 3.86. The van der Waals surface area contributed by atoms with Crippen molar-refractivity contribution in [2.75, 3.05) is 7.11 Å². The fourth-order valence-corrected chi connectivity index (χ4v) is 2.03. The van der Waals surface area contributed by atoms with Gasteiger partial charge in [-0.25, -0.2) is 0 Å². The van der Waals surface area contributed by atoms with E-state index in [4.69, 9.17) is 14.7 Å². The maximum atomic E-state index is 8.80. The monoisotopic (exact) mass is 226 g/mol. The zero-order valence-corrected chi connectivity index (χ0v) is 9.25. The smallest absolute Gasteiger partial charge is 0.175 e. The van der Waals surface area contributed by atoms with Crippen LogP contribution in [0.5, 0.6) is 5.75 Å². The first-order valence-electron chi connectivity index (χ1n) is 5.32. The number of nitriles is 1. The number of hydrogen-bond acceptors (Lipinski definition) is 4. The zero-order chi connectivity index (χ0) is 11.8. The molecule has 0 aliphatic carbocycles. The van der Waals surface area contributed by atoms with E-state index in [1.54, 1.807) is 13.3 Å². The third kappa shape index (κ3) is 1.52. The summed E-state index contributed by atoms with van der Waals surface area (Å²) in [7, 11) is 1.62. The standard InChI is InChI=1S/C13H10N2O2/c1-16-10-4-2-3-8-9(5-6-15-12(8)10)13-11(7-14)17-13/h2-6,11,13H,1H3. The Morgan fingerprint density at radius 1 is 1.41 bits per heavy atom. The number of para-hydroxylation sites is 1. The molecule has 0 saturated carbocycles. The molecule has 0 spiro atoms. The first kappa shape index (κ1) is 10.1. The molecule has 0 radical (unpaired) electrons. The normalized spacial score (nSPS) is 22.1. The van der Waals surface area contributed by atoms with Crippen LogP contribution in [0.1, 0.15) is 11.7 Å². The van der Waals surface area contributed by atoms with Gasteiger partial charge in [-0.2, -0.15) is 5.26 Å². The predicted octanol–water partition coefficient (Wildman–Crippen LogP) is 2.21. The number of nitrogens with zero attached hydrogens (tertiary/aromatic N) is 2. The van der Waals surface area contributed by atoms with E-state index in [0.717, 1.165) is 22.2 Å². The van der Waals surface area contributed by atoms with Crippen molar-refractivity contribution in [1.29, 1.82) is 5.26 Å². The first-order valence-corrected chi connectivity index (χ1v) is 5.32. The lowest BCUT2D eigenvalue weighted by Gasteiger charge is -2.06. The van der Waals surface area contributed by atoms with Gasteiger partial charge in [0.05, 0.1) is 13.2 Å². The number of epoxide rings is 1. The average Bonchev–Trinajstić information content (AvgIpc) is 3.16. The number of pyridine rings is 1. The molecule has 2 aromatic rings. The lowest BCUT2D eigenvalue weighted by atomic mass is 10.0. The molecule has 0 bridgehead atoms. The molecule has 2 unspecified atom stereocenters. The minimum absolute atomic E-state index is 0.127. The third-order valence-corrected chi connectivity index (χ3v) is 2.91. The van der Waals surface area contributed by atoms with E-state index in [2.05, 4.69) is 11.1 Å². The average molecular weight is 226 g/mol. The molecule has 2 heterocycles. The van der Waals surface area contributed by atoms with Gasteiger partial charge < -0.3 is 9.47 Å². The highest BCUT2D eigenvalue weighted by atomic mass is 16.6. The fraction of sp³-hybridized carbons (Fsp3) is 0.231. The van der Waals surface area contributed by atoms with Gasteiger partial charge in [0.25, 0.3) is 0 Å². The fourth-order valence-electron chi connectivity index (χ4n) is 2.03. The molecule has 0 amide bonds. The Kier molecular flexibility index (Phi) is 2.20. The van der Waals surface area contributed by atoms with Crippen molar-refractivity contribution in [2.24, 2.45) is 0 Å². The Morgan fingerprint density at radius 2 is 2.29 bits per heavy atom. The molecule has 1 aromatic heterocycles. The highest BCUT2D eigenvalue weighted by molar-refractivity contribution is 5.87. The van der Waals surface area contributed by atoms with Crippen molar-refractivity contribution in [2.45, 2.75) is 12.2 Å². The Morgan fingerprint density at radius 3 is 3.00 bits per heavy atom. The summed E-state index contributed by atoms with van der Waals surface area (Å²) < 4.78 is 10.6. The number of ether oxygens (including phenoxy) is 2. The lowest BCUT2D eigenvalue weighted by molar-refractivity contribution is 0.397. The number of hydrogen-bond donors (Lipinski definition) is 0. The van der Waals surface area contributed by atoms with Gasteiger partial charge in [0, 0.05) is 11.6 Å². The molecule has 3 rings (SSSR count). The van der Waals surface area contributed by atoms with Gasteiger partial charge in [-0.1, -0.05) is 12.1 Å². The van der Waals surface area contributed by atoms with Crippen LogP contribution in [0.15, 0.2) is 30.5 Å². The maximum Gasteiger partial charge on any atom is 0.175 e. The van der Waals surface area contributed by atoms with Crippen LogP contribution in [0.2, 0.25) is 0 Å². The Balaban J connectivity index is 2.18. The number of methoxy groups -OCH3 is 1. The van der Waals surface area contributed by atoms with Gasteiger partial charge in [0.1, 0.15) is 17.4 Å². The van der Waals surface area contributed by atoms with Crippen molar-refractivity contribution < 1.29 is 9.47 Å². The first-order chi connectivity index (χ1) is 8.35. The summed E-state index contributed by atoms with van der Waals surface area (Å²) >= 11 is 0. The predicted molar refractivity (Wildman–Crippen MR) is 61.5 cm³/mol. The molecule has 1 saturated heterocycles. The summed E-state index contributed by atoms with van der Waals surface area (Å²) in [5.41, 5.74) is 1.81. The van der Waals surface area contributed by atoms with Gasteiger partial charge in [-0.15, -0.1) is 0 Å². The molecule has 0 N–H and O–H groups in total. The van der Waals surface area contributed by atoms with Crippen LogP contribution in [-0.4, -0.2) is 18.2 Å². The van der Waals surface area contributed by atoms with Gasteiger partial charge >= 0.3 is 0 Å². The van der Waals surface area contributed by atoms with E-state index >= 15 is 0 Å². The van der Waals surface area contributed by atoms with Crippen LogP contribution in [0, 0.1) is 11.3 Å². The van der Waals surface area contributed by atoms with E-state index in [-0.39, 0.29) is 12.2 Å². The molecule has 4 heteroatoms. The highest BCUT2D eigenvalue weighted by Gasteiger charge is 2.41. The van der Waals surface area contributed by atoms with Crippen LogP contribution in [0.25, 0.3) is 10.9 Å². The molecule has 1 aromatic carbocycles. The number of rotatable bonds is 2. The van der Waals surface area contributed by atoms with Gasteiger partial charge in [-0.3, -0.25) is 4.98 Å². The quantitative estimate of drug-likeness (QED) is 0.736. The number of fused-ring (bicyclic) bond motifs is 1. The second kappa shape index (κ2) is 3.72. The van der Waals surface area contributed by atoms with Crippen molar-refractivity contribution in [3.63, 3.8) is 0 Å². The molecule has 4 nitrogen and oxygen atoms in total. The summed E-state index contributed by atoms with van der Waals surface area (Å²) in [4.78, 5) is 4.31. The molecule has 1 aliphatic heterocycles. The summed E-state index contributed by atoms with van der Waals surface area (Å²) in [6.07, 6.45) is 1.26. The van der Waals surface area contributed by atoms with Crippen molar-refractivity contribution >= 4 is 10.9 Å². The molecule has 1 aliphatic rings. The summed E-state index contributed by atoms with van der Waals surface area (Å²) in [5, 5.41) is 9.78. The van der Waals surface area contributed by atoms with E-state index in [9.17, 15) is 0 Å². The SMILES string of the molecule is COc1cccc2c(C3OC3C#N)ccnc12. The van der Waals surface area contributed by atoms with Gasteiger partial charge in [-0.05, 0) is 17.7 Å². The highest BCUT2D eigenvalue weighted by Crippen LogP contribution is 2.41. The Labute approximate surface area is 98.4 Å². The van der Waals surface area contributed by atoms with Crippen molar-refractivity contribution in [1.82, 2.24) is 4.98 Å². The summed E-state index contributed by atoms with van der Waals surface area (Å²) in [6, 6.07) is 9.75.